The number of nitrogens with one attached hydrogen (secondary N) is 1. The highest BCUT2D eigenvalue weighted by atomic mass is 16.1. The highest BCUT2D eigenvalue weighted by Crippen LogP contribution is 2.22. The van der Waals surface area contributed by atoms with Crippen molar-refractivity contribution in [1.29, 1.82) is 0 Å². The van der Waals surface area contributed by atoms with Gasteiger partial charge in [-0.2, -0.15) is 0 Å². The number of nitrogen functional groups attached to an aromatic ring is 1. The van der Waals surface area contributed by atoms with Crippen LogP contribution in [0.1, 0.15) is 21.5 Å². The number of rotatable bonds is 2. The first kappa shape index (κ1) is 11.5. The Morgan fingerprint density at radius 3 is 2.89 bits per heavy atom. The molecule has 0 saturated carbocycles. The van der Waals surface area contributed by atoms with Crippen molar-refractivity contribution < 1.29 is 4.79 Å². The third-order valence-electron chi connectivity index (χ3n) is 3.22. The van der Waals surface area contributed by atoms with E-state index in [1.54, 1.807) is 36.8 Å². The molecule has 3 N–H and O–H groups in total. The Hall–Kier alpha value is -2.62. The summed E-state index contributed by atoms with van der Waals surface area (Å²) in [5.74, 6) is -0.0169. The molecule has 1 aromatic carbocycles. The highest BCUT2D eigenvalue weighted by molar-refractivity contribution is 6.16. The molecule has 0 fully saturated rings. The number of H-pyrrole nitrogens is 1. The van der Waals surface area contributed by atoms with E-state index >= 15 is 0 Å². The van der Waals surface area contributed by atoms with Crippen molar-refractivity contribution in [1.82, 2.24) is 9.97 Å². The smallest absolute Gasteiger partial charge is 0.195 e. The van der Waals surface area contributed by atoms with Crippen LogP contribution in [0, 0.1) is 6.92 Å². The van der Waals surface area contributed by atoms with Gasteiger partial charge in [-0.25, -0.2) is 0 Å². The van der Waals surface area contributed by atoms with E-state index in [9.17, 15) is 4.79 Å². The van der Waals surface area contributed by atoms with Crippen LogP contribution in [0.3, 0.4) is 0 Å². The van der Waals surface area contributed by atoms with Gasteiger partial charge in [0.1, 0.15) is 0 Å². The van der Waals surface area contributed by atoms with Gasteiger partial charge in [-0.3, -0.25) is 9.78 Å². The molecule has 0 amide bonds. The quantitative estimate of drug-likeness (QED) is 0.543. The fourth-order valence-electron chi connectivity index (χ4n) is 2.24. The van der Waals surface area contributed by atoms with E-state index in [0.717, 1.165) is 16.5 Å². The number of carbonyl (C=O) groups is 1. The Bertz CT molecular complexity index is 774. The minimum Gasteiger partial charge on any atom is -0.399 e. The molecular formula is C15H13N3O. The Morgan fingerprint density at radius 1 is 1.26 bits per heavy atom. The third kappa shape index (κ3) is 1.87. The molecule has 3 rings (SSSR count). The average Bonchev–Trinajstić information content (AvgIpc) is 2.82. The van der Waals surface area contributed by atoms with Crippen molar-refractivity contribution >= 4 is 22.4 Å². The van der Waals surface area contributed by atoms with E-state index in [1.165, 1.54) is 0 Å². The van der Waals surface area contributed by atoms with Gasteiger partial charge in [0, 0.05) is 46.3 Å². The second-order valence-electron chi connectivity index (χ2n) is 4.53. The standard InChI is InChI=1S/C15H13N3O/c1-9-6-10(16)2-3-11(9)15(19)13-8-18-14-4-5-17-7-12(13)14/h2-8,18H,16H2,1H3. The van der Waals surface area contributed by atoms with Crippen LogP contribution in [0.2, 0.25) is 0 Å². The molecule has 0 spiro atoms. The molecule has 0 unspecified atom stereocenters. The minimum atomic E-state index is -0.0169. The fraction of sp³-hybridized carbons (Fsp3) is 0.0667. The monoisotopic (exact) mass is 251 g/mol. The zero-order valence-corrected chi connectivity index (χ0v) is 10.5. The zero-order valence-electron chi connectivity index (χ0n) is 10.5. The van der Waals surface area contributed by atoms with Crippen molar-refractivity contribution in [3.05, 3.63) is 59.5 Å². The van der Waals surface area contributed by atoms with Crippen LogP contribution in [0.5, 0.6) is 0 Å². The van der Waals surface area contributed by atoms with Crippen LogP contribution in [-0.4, -0.2) is 15.8 Å². The number of anilines is 1. The van der Waals surface area contributed by atoms with Crippen LogP contribution in [0.4, 0.5) is 5.69 Å². The minimum absolute atomic E-state index is 0.0169. The largest absolute Gasteiger partial charge is 0.399 e. The Labute approximate surface area is 110 Å². The van der Waals surface area contributed by atoms with Gasteiger partial charge in [0.15, 0.2) is 5.78 Å². The van der Waals surface area contributed by atoms with Gasteiger partial charge in [0.2, 0.25) is 0 Å². The zero-order chi connectivity index (χ0) is 13.4. The molecule has 19 heavy (non-hydrogen) atoms. The SMILES string of the molecule is Cc1cc(N)ccc1C(=O)c1c[nH]c2ccncc12. The Balaban J connectivity index is 2.13. The fourth-order valence-corrected chi connectivity index (χ4v) is 2.24. The van der Waals surface area contributed by atoms with E-state index < -0.39 is 0 Å². The number of benzene rings is 1. The lowest BCUT2D eigenvalue weighted by atomic mass is 9.99. The molecule has 2 heterocycles. The number of aromatic amines is 1. The summed E-state index contributed by atoms with van der Waals surface area (Å²) in [5, 5.41) is 0.837. The number of ketones is 1. The summed E-state index contributed by atoms with van der Waals surface area (Å²) < 4.78 is 0. The topological polar surface area (TPSA) is 71.8 Å². The van der Waals surface area contributed by atoms with E-state index in [0.29, 0.717) is 16.8 Å². The molecule has 94 valence electrons. The maximum atomic E-state index is 12.6. The molecule has 0 atom stereocenters. The van der Waals surface area contributed by atoms with Crippen LogP contribution in [0.25, 0.3) is 10.9 Å². The average molecular weight is 251 g/mol. The molecule has 0 bridgehead atoms. The molecular weight excluding hydrogens is 238 g/mol. The number of nitrogens with two attached hydrogens (primary N) is 1. The number of hydrogen-bond donors (Lipinski definition) is 2. The normalized spacial score (nSPS) is 10.8. The summed E-state index contributed by atoms with van der Waals surface area (Å²) in [6.45, 7) is 1.89. The predicted molar refractivity (Wildman–Crippen MR) is 75.1 cm³/mol. The van der Waals surface area contributed by atoms with Gasteiger partial charge >= 0.3 is 0 Å². The maximum absolute atomic E-state index is 12.6. The van der Waals surface area contributed by atoms with E-state index in [-0.39, 0.29) is 5.78 Å². The van der Waals surface area contributed by atoms with Crippen molar-refractivity contribution in [2.45, 2.75) is 6.92 Å². The number of aryl methyl sites for hydroxylation is 1. The molecule has 0 aliphatic carbocycles. The van der Waals surface area contributed by atoms with E-state index in [1.807, 2.05) is 13.0 Å². The van der Waals surface area contributed by atoms with E-state index in [2.05, 4.69) is 9.97 Å². The van der Waals surface area contributed by atoms with Crippen LogP contribution < -0.4 is 5.73 Å². The first-order valence-electron chi connectivity index (χ1n) is 5.99. The van der Waals surface area contributed by atoms with Crippen molar-refractivity contribution in [3.8, 4) is 0 Å². The molecule has 4 heteroatoms. The molecule has 0 aliphatic heterocycles. The second kappa shape index (κ2) is 4.24. The highest BCUT2D eigenvalue weighted by Gasteiger charge is 2.16. The van der Waals surface area contributed by atoms with E-state index in [4.69, 9.17) is 5.73 Å². The van der Waals surface area contributed by atoms with Gasteiger partial charge in [0.25, 0.3) is 0 Å². The first-order valence-corrected chi connectivity index (χ1v) is 5.99. The molecule has 4 nitrogen and oxygen atoms in total. The number of hydrogen-bond acceptors (Lipinski definition) is 3. The summed E-state index contributed by atoms with van der Waals surface area (Å²) in [5.41, 5.74) is 9.46. The molecule has 3 aromatic rings. The second-order valence-corrected chi connectivity index (χ2v) is 4.53. The van der Waals surface area contributed by atoms with Gasteiger partial charge in [-0.15, -0.1) is 0 Å². The number of nitrogens with zero attached hydrogens (tertiary/aromatic N) is 1. The van der Waals surface area contributed by atoms with Gasteiger partial charge in [0.05, 0.1) is 0 Å². The van der Waals surface area contributed by atoms with Gasteiger partial charge < -0.3 is 10.7 Å². The third-order valence-corrected chi connectivity index (χ3v) is 3.22. The summed E-state index contributed by atoms with van der Waals surface area (Å²) in [4.78, 5) is 19.7. The lowest BCUT2D eigenvalue weighted by molar-refractivity contribution is 0.104. The lowest BCUT2D eigenvalue weighted by Crippen LogP contribution is -2.03. The number of carbonyl (C=O) groups excluding carboxylic acids is 1. The summed E-state index contributed by atoms with van der Waals surface area (Å²) in [6, 6.07) is 7.16. The van der Waals surface area contributed by atoms with Gasteiger partial charge in [-0.1, -0.05) is 0 Å². The van der Waals surface area contributed by atoms with Crippen LogP contribution in [-0.2, 0) is 0 Å². The molecule has 0 aliphatic rings. The van der Waals surface area contributed by atoms with Crippen molar-refractivity contribution in [2.24, 2.45) is 0 Å². The summed E-state index contributed by atoms with van der Waals surface area (Å²) in [7, 11) is 0. The van der Waals surface area contributed by atoms with Crippen molar-refractivity contribution in [3.63, 3.8) is 0 Å². The summed E-state index contributed by atoms with van der Waals surface area (Å²) in [6.07, 6.45) is 5.12. The molecule has 2 aromatic heterocycles. The van der Waals surface area contributed by atoms with Crippen molar-refractivity contribution in [2.75, 3.05) is 5.73 Å². The number of pyridine rings is 1. The van der Waals surface area contributed by atoms with Gasteiger partial charge in [-0.05, 0) is 36.8 Å². The lowest BCUT2D eigenvalue weighted by Gasteiger charge is -2.05. The maximum Gasteiger partial charge on any atom is 0.195 e. The first-order chi connectivity index (χ1) is 9.16. The van der Waals surface area contributed by atoms with Crippen LogP contribution >= 0.6 is 0 Å². The Morgan fingerprint density at radius 2 is 2.11 bits per heavy atom. The number of fused-ring (bicyclic) bond motifs is 1. The van der Waals surface area contributed by atoms with Crippen LogP contribution in [0.15, 0.2) is 42.9 Å². The Kier molecular flexibility index (Phi) is 2.56. The molecule has 0 radical (unpaired) electrons. The predicted octanol–water partition coefficient (Wildman–Crippen LogP) is 2.68. The molecule has 0 saturated heterocycles. The summed E-state index contributed by atoms with van der Waals surface area (Å²) >= 11 is 0. The number of aromatic nitrogens is 2.